The van der Waals surface area contributed by atoms with E-state index in [1.807, 2.05) is 25.1 Å². The Labute approximate surface area is 82.4 Å². The molecule has 0 aliphatic carbocycles. The van der Waals surface area contributed by atoms with Crippen molar-refractivity contribution >= 4 is 11.6 Å². The Bertz CT molecular complexity index is 332. The Morgan fingerprint density at radius 3 is 2.77 bits per heavy atom. The van der Waals surface area contributed by atoms with Gasteiger partial charge in [0, 0.05) is 5.56 Å². The van der Waals surface area contributed by atoms with Crippen LogP contribution in [0.25, 0.3) is 0 Å². The first-order chi connectivity index (χ1) is 6.17. The first-order valence-corrected chi connectivity index (χ1v) is 4.52. The van der Waals surface area contributed by atoms with Crippen LogP contribution in [0.5, 0.6) is 5.75 Å². The van der Waals surface area contributed by atoms with Gasteiger partial charge in [0.05, 0.1) is 18.7 Å². The van der Waals surface area contributed by atoms with Crippen LogP contribution in [0.4, 0.5) is 0 Å². The number of halogens is 1. The van der Waals surface area contributed by atoms with Crippen LogP contribution in [0.2, 0.25) is 5.02 Å². The summed E-state index contributed by atoms with van der Waals surface area (Å²) in [6.07, 6.45) is 0. The van der Waals surface area contributed by atoms with Crippen molar-refractivity contribution in [2.75, 3.05) is 13.7 Å². The highest BCUT2D eigenvalue weighted by atomic mass is 35.5. The second-order valence-corrected chi connectivity index (χ2v) is 3.75. The molecule has 2 nitrogen and oxygen atoms in total. The summed E-state index contributed by atoms with van der Waals surface area (Å²) >= 11 is 5.98. The summed E-state index contributed by atoms with van der Waals surface area (Å²) in [6.45, 7) is 2.77. The van der Waals surface area contributed by atoms with E-state index in [4.69, 9.17) is 21.1 Å². The van der Waals surface area contributed by atoms with Crippen LogP contribution in [-0.4, -0.2) is 13.7 Å². The minimum atomic E-state index is -0.184. The summed E-state index contributed by atoms with van der Waals surface area (Å²) < 4.78 is 10.6. The molecule has 1 fully saturated rings. The lowest BCUT2D eigenvalue weighted by Gasteiger charge is -2.12. The third-order valence-corrected chi connectivity index (χ3v) is 2.62. The highest BCUT2D eigenvalue weighted by molar-refractivity contribution is 6.32. The summed E-state index contributed by atoms with van der Waals surface area (Å²) in [7, 11) is 1.62. The van der Waals surface area contributed by atoms with E-state index in [-0.39, 0.29) is 5.60 Å². The van der Waals surface area contributed by atoms with E-state index in [1.54, 1.807) is 7.11 Å². The van der Waals surface area contributed by atoms with E-state index in [2.05, 4.69) is 0 Å². The van der Waals surface area contributed by atoms with Crippen molar-refractivity contribution in [3.8, 4) is 5.75 Å². The number of hydrogen-bond acceptors (Lipinski definition) is 2. The minimum Gasteiger partial charge on any atom is -0.495 e. The second-order valence-electron chi connectivity index (χ2n) is 3.34. The molecule has 0 amide bonds. The van der Waals surface area contributed by atoms with Gasteiger partial charge in [-0.2, -0.15) is 0 Å². The number of para-hydroxylation sites is 1. The molecular formula is C10H11ClO2. The zero-order chi connectivity index (χ0) is 9.47. The second kappa shape index (κ2) is 2.89. The third kappa shape index (κ3) is 1.40. The molecule has 2 rings (SSSR count). The fourth-order valence-electron chi connectivity index (χ4n) is 1.40. The molecule has 0 spiro atoms. The fourth-order valence-corrected chi connectivity index (χ4v) is 1.65. The highest BCUT2D eigenvalue weighted by Crippen LogP contribution is 2.44. The number of hydrogen-bond donors (Lipinski definition) is 0. The van der Waals surface area contributed by atoms with Gasteiger partial charge in [0.2, 0.25) is 0 Å². The van der Waals surface area contributed by atoms with E-state index in [0.717, 1.165) is 17.9 Å². The fraction of sp³-hybridized carbons (Fsp3) is 0.400. The van der Waals surface area contributed by atoms with Crippen molar-refractivity contribution in [2.45, 2.75) is 12.5 Å². The van der Waals surface area contributed by atoms with Crippen LogP contribution >= 0.6 is 11.6 Å². The Morgan fingerprint density at radius 1 is 1.54 bits per heavy atom. The van der Waals surface area contributed by atoms with Gasteiger partial charge in [-0.25, -0.2) is 0 Å². The van der Waals surface area contributed by atoms with E-state index in [1.165, 1.54) is 0 Å². The Morgan fingerprint density at radius 2 is 2.23 bits per heavy atom. The molecule has 0 N–H and O–H groups in total. The van der Waals surface area contributed by atoms with Crippen molar-refractivity contribution in [3.63, 3.8) is 0 Å². The number of rotatable bonds is 2. The van der Waals surface area contributed by atoms with Crippen LogP contribution < -0.4 is 4.74 Å². The average Bonchev–Trinajstić information content (AvgIpc) is 2.85. The highest BCUT2D eigenvalue weighted by Gasteiger charge is 2.43. The molecule has 1 heterocycles. The van der Waals surface area contributed by atoms with Crippen molar-refractivity contribution in [1.29, 1.82) is 0 Å². The van der Waals surface area contributed by atoms with E-state index in [0.29, 0.717) is 5.02 Å². The normalized spacial score (nSPS) is 25.8. The Balaban J connectivity index is 2.50. The van der Waals surface area contributed by atoms with Gasteiger partial charge in [0.15, 0.2) is 0 Å². The smallest absolute Gasteiger partial charge is 0.143 e. The summed E-state index contributed by atoms with van der Waals surface area (Å²) in [5, 5.41) is 0.636. The Kier molecular flexibility index (Phi) is 1.97. The predicted octanol–water partition coefficient (Wildman–Crippen LogP) is 2.59. The van der Waals surface area contributed by atoms with Gasteiger partial charge in [0.25, 0.3) is 0 Å². The van der Waals surface area contributed by atoms with E-state index >= 15 is 0 Å². The molecule has 1 aliphatic heterocycles. The molecule has 1 aliphatic rings. The number of methoxy groups -OCH3 is 1. The van der Waals surface area contributed by atoms with Crippen LogP contribution in [0.1, 0.15) is 12.5 Å². The molecule has 1 unspecified atom stereocenters. The molecular weight excluding hydrogens is 188 g/mol. The molecule has 1 aromatic carbocycles. The molecule has 3 heteroatoms. The number of epoxide rings is 1. The van der Waals surface area contributed by atoms with Crippen molar-refractivity contribution < 1.29 is 9.47 Å². The van der Waals surface area contributed by atoms with Gasteiger partial charge in [-0.1, -0.05) is 23.7 Å². The maximum absolute atomic E-state index is 5.98. The first kappa shape index (κ1) is 8.85. The molecule has 0 radical (unpaired) electrons. The molecule has 0 saturated carbocycles. The van der Waals surface area contributed by atoms with E-state index < -0.39 is 0 Å². The molecule has 0 bridgehead atoms. The molecule has 70 valence electrons. The molecule has 0 aromatic heterocycles. The summed E-state index contributed by atoms with van der Waals surface area (Å²) in [4.78, 5) is 0. The van der Waals surface area contributed by atoms with Gasteiger partial charge in [0.1, 0.15) is 11.4 Å². The van der Waals surface area contributed by atoms with Crippen LogP contribution in [0, 0.1) is 0 Å². The first-order valence-electron chi connectivity index (χ1n) is 4.14. The topological polar surface area (TPSA) is 21.8 Å². The molecule has 13 heavy (non-hydrogen) atoms. The van der Waals surface area contributed by atoms with Crippen molar-refractivity contribution in [2.24, 2.45) is 0 Å². The lowest BCUT2D eigenvalue weighted by molar-refractivity contribution is 0.316. The van der Waals surface area contributed by atoms with Gasteiger partial charge in [-0.05, 0) is 13.0 Å². The lowest BCUT2D eigenvalue weighted by Crippen LogP contribution is -2.04. The summed E-state index contributed by atoms with van der Waals surface area (Å²) in [5.74, 6) is 0.726. The summed E-state index contributed by atoms with van der Waals surface area (Å²) in [6, 6.07) is 5.71. The minimum absolute atomic E-state index is 0.184. The third-order valence-electron chi connectivity index (χ3n) is 2.32. The van der Waals surface area contributed by atoms with Crippen molar-refractivity contribution in [1.82, 2.24) is 0 Å². The Hall–Kier alpha value is -0.730. The van der Waals surface area contributed by atoms with Crippen LogP contribution in [0.15, 0.2) is 18.2 Å². The zero-order valence-electron chi connectivity index (χ0n) is 7.63. The summed E-state index contributed by atoms with van der Waals surface area (Å²) in [5.41, 5.74) is 0.846. The largest absolute Gasteiger partial charge is 0.495 e. The van der Waals surface area contributed by atoms with Crippen LogP contribution in [-0.2, 0) is 10.3 Å². The van der Waals surface area contributed by atoms with E-state index in [9.17, 15) is 0 Å². The zero-order valence-corrected chi connectivity index (χ0v) is 8.39. The molecule has 1 saturated heterocycles. The van der Waals surface area contributed by atoms with Gasteiger partial charge < -0.3 is 9.47 Å². The number of benzene rings is 1. The van der Waals surface area contributed by atoms with Gasteiger partial charge in [-0.15, -0.1) is 0 Å². The quantitative estimate of drug-likeness (QED) is 0.682. The SMILES string of the molecule is COc1c(Cl)cccc1C1(C)CO1. The lowest BCUT2D eigenvalue weighted by atomic mass is 10.0. The average molecular weight is 199 g/mol. The number of ether oxygens (including phenoxy) is 2. The van der Waals surface area contributed by atoms with Gasteiger partial charge >= 0.3 is 0 Å². The van der Waals surface area contributed by atoms with Crippen LogP contribution in [0.3, 0.4) is 0 Å². The van der Waals surface area contributed by atoms with Gasteiger partial charge in [-0.3, -0.25) is 0 Å². The monoisotopic (exact) mass is 198 g/mol. The van der Waals surface area contributed by atoms with Crippen molar-refractivity contribution in [3.05, 3.63) is 28.8 Å². The maximum atomic E-state index is 5.98. The predicted molar refractivity (Wildman–Crippen MR) is 51.3 cm³/mol. The maximum Gasteiger partial charge on any atom is 0.143 e. The molecule has 1 aromatic rings. The standard InChI is InChI=1S/C10H11ClO2/c1-10(6-13-10)7-4-3-5-8(11)9(7)12-2/h3-5H,6H2,1-2H3. The molecule has 1 atom stereocenters.